The van der Waals surface area contributed by atoms with Crippen molar-refractivity contribution in [2.45, 2.75) is 26.7 Å². The molecule has 1 aliphatic carbocycles. The average Bonchev–Trinajstić information content (AvgIpc) is 2.70. The fourth-order valence-corrected chi connectivity index (χ4v) is 2.10. The van der Waals surface area contributed by atoms with E-state index < -0.39 is 18.0 Å². The Morgan fingerprint density at radius 3 is 2.53 bits per heavy atom. The first-order valence-electron chi connectivity index (χ1n) is 5.87. The third-order valence-corrected chi connectivity index (χ3v) is 2.94. The molecule has 0 aromatic rings. The van der Waals surface area contributed by atoms with E-state index >= 15 is 0 Å². The first-order chi connectivity index (χ1) is 8.10. The normalized spacial score (nSPS) is 23.9. The van der Waals surface area contributed by atoms with Crippen LogP contribution in [0.15, 0.2) is 11.7 Å². The molecular weight excluding hydrogens is 230 g/mol. The molecule has 1 fully saturated rings. The fourth-order valence-electron chi connectivity index (χ4n) is 2.10. The second-order valence-corrected chi connectivity index (χ2v) is 4.05. The monoisotopic (exact) mass is 248 g/mol. The number of ether oxygens (including phenoxy) is 2. The Bertz CT molecular complexity index is 298. The van der Waals surface area contributed by atoms with Crippen LogP contribution < -0.4 is 0 Å². The second-order valence-electron chi connectivity index (χ2n) is 4.05. The summed E-state index contributed by atoms with van der Waals surface area (Å²) in [5, 5.41) is 0. The lowest BCUT2D eigenvalue weighted by molar-refractivity contribution is -0.150. The van der Waals surface area contributed by atoms with Crippen molar-refractivity contribution in [2.24, 2.45) is 11.8 Å². The average molecular weight is 248 g/mol. The third kappa shape index (κ3) is 3.77. The Morgan fingerprint density at radius 2 is 2.00 bits per heavy atom. The molecule has 0 aromatic carbocycles. The zero-order valence-electron chi connectivity index (χ0n) is 10.2. The Balaban J connectivity index is 2.70. The predicted octanol–water partition coefficient (Wildman–Crippen LogP) is 2.76. The highest BCUT2D eigenvalue weighted by Crippen LogP contribution is 2.39. The van der Waals surface area contributed by atoms with Gasteiger partial charge in [0.2, 0.25) is 0 Å². The van der Waals surface area contributed by atoms with E-state index in [0.717, 1.165) is 0 Å². The van der Waals surface area contributed by atoms with Gasteiger partial charge in [-0.25, -0.2) is 0 Å². The van der Waals surface area contributed by atoms with Crippen molar-refractivity contribution in [3.8, 4) is 0 Å². The molecule has 0 aromatic heterocycles. The summed E-state index contributed by atoms with van der Waals surface area (Å²) in [5.74, 6) is -1.07. The van der Waals surface area contributed by atoms with Crippen molar-refractivity contribution in [3.63, 3.8) is 0 Å². The first-order valence-corrected chi connectivity index (χ1v) is 5.87. The van der Waals surface area contributed by atoms with E-state index in [4.69, 9.17) is 9.47 Å². The summed E-state index contributed by atoms with van der Waals surface area (Å²) < 4.78 is 35.2. The fraction of sp³-hybridized carbons (Fsp3) is 0.750. The molecule has 2 atom stereocenters. The summed E-state index contributed by atoms with van der Waals surface area (Å²) in [5.41, 5.74) is 0.0627. The predicted molar refractivity (Wildman–Crippen MR) is 58.6 cm³/mol. The van der Waals surface area contributed by atoms with Gasteiger partial charge in [-0.05, 0) is 38.2 Å². The zero-order valence-corrected chi connectivity index (χ0v) is 10.2. The lowest BCUT2D eigenvalue weighted by Gasteiger charge is -2.16. The van der Waals surface area contributed by atoms with Gasteiger partial charge in [-0.1, -0.05) is 0 Å². The number of allylic oxidation sites excluding steroid dienone is 1. The largest absolute Gasteiger partial charge is 0.466 e. The van der Waals surface area contributed by atoms with Crippen LogP contribution in [0.3, 0.4) is 0 Å². The first kappa shape index (κ1) is 14.1. The van der Waals surface area contributed by atoms with Crippen LogP contribution in [0.5, 0.6) is 0 Å². The standard InChI is InChI=1S/C12H18F2O3/c1-3-16-7-9-5-8(11(13)14)6-10(9)12(15)17-4-2/h9-10H,3-7H2,1-2H3/t9-,10-/m1/s1. The van der Waals surface area contributed by atoms with Gasteiger partial charge < -0.3 is 9.47 Å². The highest BCUT2D eigenvalue weighted by atomic mass is 19.3. The number of carbonyl (C=O) groups excluding carboxylic acids is 1. The topological polar surface area (TPSA) is 35.5 Å². The van der Waals surface area contributed by atoms with Crippen molar-refractivity contribution >= 4 is 5.97 Å². The maximum absolute atomic E-state index is 12.5. The molecule has 5 heteroatoms. The van der Waals surface area contributed by atoms with E-state index in [0.29, 0.717) is 13.2 Å². The van der Waals surface area contributed by atoms with Crippen LogP contribution in [0.25, 0.3) is 0 Å². The van der Waals surface area contributed by atoms with Gasteiger partial charge in [0.1, 0.15) is 0 Å². The minimum absolute atomic E-state index is 0.0627. The third-order valence-electron chi connectivity index (χ3n) is 2.94. The molecule has 0 unspecified atom stereocenters. The number of halogens is 2. The van der Waals surface area contributed by atoms with Crippen molar-refractivity contribution < 1.29 is 23.0 Å². The maximum atomic E-state index is 12.5. The van der Waals surface area contributed by atoms with E-state index in [9.17, 15) is 13.6 Å². The minimum Gasteiger partial charge on any atom is -0.466 e. The number of esters is 1. The Labute approximate surface area is 99.8 Å². The van der Waals surface area contributed by atoms with Crippen LogP contribution in [0.4, 0.5) is 8.78 Å². The van der Waals surface area contributed by atoms with Crippen molar-refractivity contribution in [1.29, 1.82) is 0 Å². The summed E-state index contributed by atoms with van der Waals surface area (Å²) in [7, 11) is 0. The molecule has 0 aliphatic heterocycles. The van der Waals surface area contributed by atoms with Crippen LogP contribution >= 0.6 is 0 Å². The van der Waals surface area contributed by atoms with Crippen LogP contribution in [0, 0.1) is 11.8 Å². The van der Waals surface area contributed by atoms with Gasteiger partial charge >= 0.3 is 5.97 Å². The molecule has 0 radical (unpaired) electrons. The molecule has 0 amide bonds. The lowest BCUT2D eigenvalue weighted by atomic mass is 9.97. The minimum atomic E-state index is -1.67. The molecule has 0 spiro atoms. The lowest BCUT2D eigenvalue weighted by Crippen LogP contribution is -2.24. The number of hydrogen-bond donors (Lipinski definition) is 0. The molecule has 1 rings (SSSR count). The van der Waals surface area contributed by atoms with E-state index in [1.54, 1.807) is 6.92 Å². The summed E-state index contributed by atoms with van der Waals surface area (Å²) in [4.78, 5) is 11.6. The van der Waals surface area contributed by atoms with E-state index in [-0.39, 0.29) is 30.9 Å². The van der Waals surface area contributed by atoms with E-state index in [1.807, 2.05) is 6.92 Å². The van der Waals surface area contributed by atoms with Crippen LogP contribution in [0.1, 0.15) is 26.7 Å². The molecule has 0 bridgehead atoms. The van der Waals surface area contributed by atoms with Gasteiger partial charge in [-0.2, -0.15) is 8.78 Å². The van der Waals surface area contributed by atoms with Gasteiger partial charge in [-0.3, -0.25) is 4.79 Å². The SMILES string of the molecule is CCOC[C@H]1CC(=C(F)F)C[C@H]1C(=O)OCC. The van der Waals surface area contributed by atoms with E-state index in [1.165, 1.54) is 0 Å². The molecular formula is C12H18F2O3. The molecule has 0 heterocycles. The highest BCUT2D eigenvalue weighted by molar-refractivity contribution is 5.74. The Hall–Kier alpha value is -0.970. The molecule has 98 valence electrons. The molecule has 0 N–H and O–H groups in total. The van der Waals surface area contributed by atoms with Crippen molar-refractivity contribution in [1.82, 2.24) is 0 Å². The number of carbonyl (C=O) groups is 1. The van der Waals surface area contributed by atoms with Crippen LogP contribution in [-0.2, 0) is 14.3 Å². The highest BCUT2D eigenvalue weighted by Gasteiger charge is 2.38. The van der Waals surface area contributed by atoms with Gasteiger partial charge in [-0.15, -0.1) is 0 Å². The van der Waals surface area contributed by atoms with Gasteiger partial charge in [0.05, 0.1) is 19.1 Å². The molecule has 1 saturated carbocycles. The van der Waals surface area contributed by atoms with Gasteiger partial charge in [0.15, 0.2) is 0 Å². The quantitative estimate of drug-likeness (QED) is 0.702. The molecule has 0 saturated heterocycles. The summed E-state index contributed by atoms with van der Waals surface area (Å²) in [6.07, 6.45) is -1.34. The van der Waals surface area contributed by atoms with Crippen molar-refractivity contribution in [2.75, 3.05) is 19.8 Å². The maximum Gasteiger partial charge on any atom is 0.309 e. The molecule has 3 nitrogen and oxygen atoms in total. The van der Waals surface area contributed by atoms with Crippen LogP contribution in [-0.4, -0.2) is 25.8 Å². The Kier molecular flexibility index (Phi) is 5.55. The number of rotatable bonds is 5. The Morgan fingerprint density at radius 1 is 1.29 bits per heavy atom. The molecule has 1 aliphatic rings. The summed E-state index contributed by atoms with van der Waals surface area (Å²) in [6.45, 7) is 4.66. The second kappa shape index (κ2) is 6.69. The van der Waals surface area contributed by atoms with Gasteiger partial charge in [0, 0.05) is 6.61 Å². The number of hydrogen-bond acceptors (Lipinski definition) is 3. The summed E-state index contributed by atoms with van der Waals surface area (Å²) in [6, 6.07) is 0. The molecule has 17 heavy (non-hydrogen) atoms. The van der Waals surface area contributed by atoms with Crippen molar-refractivity contribution in [3.05, 3.63) is 11.7 Å². The smallest absolute Gasteiger partial charge is 0.309 e. The zero-order chi connectivity index (χ0) is 12.8. The van der Waals surface area contributed by atoms with Crippen LogP contribution in [0.2, 0.25) is 0 Å². The van der Waals surface area contributed by atoms with E-state index in [2.05, 4.69) is 0 Å². The summed E-state index contributed by atoms with van der Waals surface area (Å²) >= 11 is 0. The van der Waals surface area contributed by atoms with Gasteiger partial charge in [0.25, 0.3) is 6.08 Å².